The summed E-state index contributed by atoms with van der Waals surface area (Å²) in [6, 6.07) is 9.67. The summed E-state index contributed by atoms with van der Waals surface area (Å²) in [4.78, 5) is 24.5. The van der Waals surface area contributed by atoms with Gasteiger partial charge >= 0.3 is 5.97 Å². The largest absolute Gasteiger partial charge is 0.497 e. The smallest absolute Gasteiger partial charge is 0.338 e. The fraction of sp³-hybridized carbons (Fsp3) is 0.364. The maximum atomic E-state index is 12.3. The Morgan fingerprint density at radius 1 is 0.900 bits per heavy atom. The van der Waals surface area contributed by atoms with Crippen LogP contribution in [0.15, 0.2) is 36.4 Å². The highest BCUT2D eigenvalue weighted by molar-refractivity contribution is 5.96. The summed E-state index contributed by atoms with van der Waals surface area (Å²) in [5.74, 6) is 1.16. The number of methoxy groups -OCH3 is 3. The molecule has 2 aromatic rings. The number of ether oxygens (including phenoxy) is 5. The van der Waals surface area contributed by atoms with E-state index in [2.05, 4.69) is 5.32 Å². The number of hydrogen-bond donors (Lipinski definition) is 1. The van der Waals surface area contributed by atoms with Crippen LogP contribution in [0, 0.1) is 5.92 Å². The summed E-state index contributed by atoms with van der Waals surface area (Å²) in [7, 11) is 4.50. The molecule has 1 N–H and O–H groups in total. The Kier molecular flexibility index (Phi) is 8.34. The minimum absolute atomic E-state index is 0.249. The maximum absolute atomic E-state index is 12.3. The summed E-state index contributed by atoms with van der Waals surface area (Å²) in [5, 5.41) is 2.64. The number of anilines is 1. The van der Waals surface area contributed by atoms with E-state index >= 15 is 0 Å². The van der Waals surface area contributed by atoms with Gasteiger partial charge in [0.1, 0.15) is 11.5 Å². The molecule has 2 aromatic carbocycles. The summed E-state index contributed by atoms with van der Waals surface area (Å²) in [6.45, 7) is 4.13. The van der Waals surface area contributed by atoms with Gasteiger partial charge in [-0.15, -0.1) is 0 Å². The number of benzene rings is 2. The van der Waals surface area contributed by atoms with Crippen molar-refractivity contribution in [2.24, 2.45) is 5.92 Å². The van der Waals surface area contributed by atoms with Crippen molar-refractivity contribution in [1.29, 1.82) is 0 Å². The van der Waals surface area contributed by atoms with Crippen molar-refractivity contribution in [3.63, 3.8) is 0 Å². The molecule has 162 valence electrons. The zero-order valence-corrected chi connectivity index (χ0v) is 17.8. The topological polar surface area (TPSA) is 92.3 Å². The van der Waals surface area contributed by atoms with Gasteiger partial charge in [-0.05, 0) is 36.2 Å². The van der Waals surface area contributed by atoms with Crippen LogP contribution < -0.4 is 24.3 Å². The Balaban J connectivity index is 1.97. The van der Waals surface area contributed by atoms with Crippen molar-refractivity contribution < 1.29 is 33.3 Å². The van der Waals surface area contributed by atoms with Gasteiger partial charge < -0.3 is 29.0 Å². The Labute approximate surface area is 176 Å². The fourth-order valence-corrected chi connectivity index (χ4v) is 2.47. The molecule has 8 nitrogen and oxygen atoms in total. The third-order valence-corrected chi connectivity index (χ3v) is 3.99. The van der Waals surface area contributed by atoms with Gasteiger partial charge in [0.15, 0.2) is 18.1 Å². The Morgan fingerprint density at radius 2 is 1.63 bits per heavy atom. The SMILES string of the molecule is COc1ccc(NC(=O)COC(=O)c2ccc(OCC(C)C)c(OC)c2)c(OC)c1. The first-order chi connectivity index (χ1) is 14.4. The van der Waals surface area contributed by atoms with Crippen molar-refractivity contribution in [3.05, 3.63) is 42.0 Å². The monoisotopic (exact) mass is 417 g/mol. The first-order valence-electron chi connectivity index (χ1n) is 9.37. The number of rotatable bonds is 10. The molecule has 8 heteroatoms. The summed E-state index contributed by atoms with van der Waals surface area (Å²) >= 11 is 0. The van der Waals surface area contributed by atoms with Gasteiger partial charge in [-0.2, -0.15) is 0 Å². The lowest BCUT2D eigenvalue weighted by Crippen LogP contribution is -2.21. The molecule has 1 amide bonds. The van der Waals surface area contributed by atoms with E-state index in [0.717, 1.165) is 0 Å². The third kappa shape index (κ3) is 6.30. The lowest BCUT2D eigenvalue weighted by atomic mass is 10.2. The first kappa shape index (κ1) is 22.9. The molecule has 0 aliphatic heterocycles. The first-order valence-corrected chi connectivity index (χ1v) is 9.37. The van der Waals surface area contributed by atoms with Crippen molar-refractivity contribution in [3.8, 4) is 23.0 Å². The van der Waals surface area contributed by atoms with Crippen molar-refractivity contribution in [1.82, 2.24) is 0 Å². The van der Waals surface area contributed by atoms with Gasteiger partial charge in [0.05, 0.1) is 39.2 Å². The van der Waals surface area contributed by atoms with Gasteiger partial charge in [-0.1, -0.05) is 13.8 Å². The van der Waals surface area contributed by atoms with Crippen LogP contribution in [0.1, 0.15) is 24.2 Å². The van der Waals surface area contributed by atoms with E-state index in [9.17, 15) is 9.59 Å². The molecule has 2 rings (SSSR count). The lowest BCUT2D eigenvalue weighted by molar-refractivity contribution is -0.119. The fourth-order valence-electron chi connectivity index (χ4n) is 2.47. The molecule has 0 saturated heterocycles. The van der Waals surface area contributed by atoms with Crippen LogP contribution in [-0.4, -0.2) is 46.4 Å². The Hall–Kier alpha value is -3.42. The van der Waals surface area contributed by atoms with Gasteiger partial charge in [-0.25, -0.2) is 4.79 Å². The van der Waals surface area contributed by atoms with Crippen LogP contribution in [0.5, 0.6) is 23.0 Å². The molecule has 0 aliphatic rings. The van der Waals surface area contributed by atoms with Gasteiger partial charge in [-0.3, -0.25) is 4.79 Å². The van der Waals surface area contributed by atoms with Crippen LogP contribution in [0.25, 0.3) is 0 Å². The van der Waals surface area contributed by atoms with Crippen LogP contribution in [0.2, 0.25) is 0 Å². The summed E-state index contributed by atoms with van der Waals surface area (Å²) < 4.78 is 26.4. The zero-order chi connectivity index (χ0) is 22.1. The lowest BCUT2D eigenvalue weighted by Gasteiger charge is -2.14. The molecule has 0 atom stereocenters. The second-order valence-corrected chi connectivity index (χ2v) is 6.76. The standard InChI is InChI=1S/C22H27NO7/c1-14(2)12-29-18-9-6-15(10-20(18)28-5)22(25)30-13-21(24)23-17-8-7-16(26-3)11-19(17)27-4/h6-11,14H,12-13H2,1-5H3,(H,23,24). The van der Waals surface area contributed by atoms with E-state index in [4.69, 9.17) is 23.7 Å². The average Bonchev–Trinajstić information content (AvgIpc) is 2.75. The summed E-state index contributed by atoms with van der Waals surface area (Å²) in [5.41, 5.74) is 0.686. The third-order valence-electron chi connectivity index (χ3n) is 3.99. The van der Waals surface area contributed by atoms with Crippen molar-refractivity contribution in [2.45, 2.75) is 13.8 Å². The minimum Gasteiger partial charge on any atom is -0.497 e. The van der Waals surface area contributed by atoms with Crippen LogP contribution in [0.4, 0.5) is 5.69 Å². The molecule has 0 fully saturated rings. The number of esters is 1. The van der Waals surface area contributed by atoms with E-state index < -0.39 is 18.5 Å². The predicted molar refractivity (Wildman–Crippen MR) is 112 cm³/mol. The van der Waals surface area contributed by atoms with E-state index in [-0.39, 0.29) is 5.56 Å². The van der Waals surface area contributed by atoms with E-state index in [1.54, 1.807) is 30.3 Å². The molecular formula is C22H27NO7. The summed E-state index contributed by atoms with van der Waals surface area (Å²) in [6.07, 6.45) is 0. The number of amides is 1. The molecule has 0 heterocycles. The second kappa shape index (κ2) is 10.9. The Morgan fingerprint density at radius 3 is 2.27 bits per heavy atom. The van der Waals surface area contributed by atoms with E-state index in [1.165, 1.54) is 27.4 Å². The average molecular weight is 417 g/mol. The number of carbonyl (C=O) groups is 2. The van der Waals surface area contributed by atoms with Gasteiger partial charge in [0.25, 0.3) is 5.91 Å². The van der Waals surface area contributed by atoms with Crippen molar-refractivity contribution >= 4 is 17.6 Å². The maximum Gasteiger partial charge on any atom is 0.338 e. The van der Waals surface area contributed by atoms with Crippen molar-refractivity contribution in [2.75, 3.05) is 39.9 Å². The zero-order valence-electron chi connectivity index (χ0n) is 17.8. The molecule has 0 aliphatic carbocycles. The number of nitrogens with one attached hydrogen (secondary N) is 1. The quantitative estimate of drug-likeness (QED) is 0.591. The van der Waals surface area contributed by atoms with E-state index in [1.807, 2.05) is 13.8 Å². The Bertz CT molecular complexity index is 880. The molecule has 0 bridgehead atoms. The molecule has 30 heavy (non-hydrogen) atoms. The normalized spacial score (nSPS) is 10.3. The van der Waals surface area contributed by atoms with Crippen LogP contribution in [0.3, 0.4) is 0 Å². The molecule has 0 saturated carbocycles. The van der Waals surface area contributed by atoms with Gasteiger partial charge in [0, 0.05) is 6.07 Å². The van der Waals surface area contributed by atoms with Crippen LogP contribution >= 0.6 is 0 Å². The van der Waals surface area contributed by atoms with Crippen LogP contribution in [-0.2, 0) is 9.53 Å². The molecule has 0 radical (unpaired) electrons. The highest BCUT2D eigenvalue weighted by Crippen LogP contribution is 2.30. The predicted octanol–water partition coefficient (Wildman–Crippen LogP) is 3.54. The number of carbonyl (C=O) groups excluding carboxylic acids is 2. The number of hydrogen-bond acceptors (Lipinski definition) is 7. The molecular weight excluding hydrogens is 390 g/mol. The molecule has 0 unspecified atom stereocenters. The highest BCUT2D eigenvalue weighted by atomic mass is 16.5. The molecule has 0 spiro atoms. The minimum atomic E-state index is -0.652. The highest BCUT2D eigenvalue weighted by Gasteiger charge is 2.15. The molecule has 0 aromatic heterocycles. The second-order valence-electron chi connectivity index (χ2n) is 6.76. The van der Waals surface area contributed by atoms with E-state index in [0.29, 0.717) is 41.2 Å². The van der Waals surface area contributed by atoms with Gasteiger partial charge in [0.2, 0.25) is 0 Å².